The van der Waals surface area contributed by atoms with E-state index in [9.17, 15) is 23.3 Å². The fourth-order valence-electron chi connectivity index (χ4n) is 2.86. The molecule has 9 nitrogen and oxygen atoms in total. The minimum atomic E-state index is -4.06. The zero-order valence-electron chi connectivity index (χ0n) is 17.4. The third-order valence-corrected chi connectivity index (χ3v) is 6.60. The Morgan fingerprint density at radius 3 is 2.36 bits per heavy atom. The van der Waals surface area contributed by atoms with Crippen molar-refractivity contribution < 1.29 is 18.1 Å². The number of hydrogen-bond donors (Lipinski definition) is 1. The Morgan fingerprint density at radius 1 is 1.06 bits per heavy atom. The van der Waals surface area contributed by atoms with Gasteiger partial charge in [-0.3, -0.25) is 19.2 Å². The molecule has 0 fully saturated rings. The zero-order valence-corrected chi connectivity index (χ0v) is 19.0. The van der Waals surface area contributed by atoms with Crippen molar-refractivity contribution in [3.63, 3.8) is 0 Å². The number of carbonyl (C=O) groups is 1. The van der Waals surface area contributed by atoms with Gasteiger partial charge in [0, 0.05) is 22.7 Å². The summed E-state index contributed by atoms with van der Waals surface area (Å²) in [6.07, 6.45) is 0. The number of nitrogens with one attached hydrogen (secondary N) is 1. The monoisotopic (exact) mass is 486 g/mol. The zero-order chi connectivity index (χ0) is 24.0. The SMILES string of the molecule is C/C(=N/NC(=O)CN(c1ccc(Cl)cc1)S(=O)(=O)c1ccccc1)c1cccc([N+](=O)[O-])c1. The summed E-state index contributed by atoms with van der Waals surface area (Å²) < 4.78 is 27.4. The van der Waals surface area contributed by atoms with E-state index in [1.165, 1.54) is 54.6 Å². The van der Waals surface area contributed by atoms with E-state index < -0.39 is 27.4 Å². The number of carbonyl (C=O) groups excluding carboxylic acids is 1. The molecule has 3 aromatic rings. The molecule has 0 atom stereocenters. The third kappa shape index (κ3) is 5.93. The van der Waals surface area contributed by atoms with E-state index in [0.717, 1.165) is 4.31 Å². The Balaban J connectivity index is 1.85. The van der Waals surface area contributed by atoms with Gasteiger partial charge in [-0.25, -0.2) is 13.8 Å². The normalized spacial score (nSPS) is 11.6. The van der Waals surface area contributed by atoms with E-state index in [4.69, 9.17) is 11.6 Å². The fourth-order valence-corrected chi connectivity index (χ4v) is 4.43. The third-order valence-electron chi connectivity index (χ3n) is 4.56. The number of hydrazone groups is 1. The second kappa shape index (κ2) is 10.2. The number of halogens is 1. The van der Waals surface area contributed by atoms with Gasteiger partial charge in [0.2, 0.25) is 0 Å². The standard InChI is InChI=1S/C22H19ClN4O5S/c1-16(17-6-5-7-20(14-17)27(29)30)24-25-22(28)15-26(19-12-10-18(23)11-13-19)33(31,32)21-8-3-2-4-9-21/h2-14H,15H2,1H3,(H,25,28)/b24-16-. The summed E-state index contributed by atoms with van der Waals surface area (Å²) >= 11 is 5.92. The van der Waals surface area contributed by atoms with Crippen LogP contribution >= 0.6 is 11.6 Å². The first-order valence-electron chi connectivity index (χ1n) is 9.60. The Kier molecular flexibility index (Phi) is 7.41. The van der Waals surface area contributed by atoms with Crippen LogP contribution in [0, 0.1) is 10.1 Å². The number of nitrogens with zero attached hydrogens (tertiary/aromatic N) is 3. The van der Waals surface area contributed by atoms with Gasteiger partial charge in [-0.15, -0.1) is 0 Å². The number of nitro benzene ring substituents is 1. The van der Waals surface area contributed by atoms with Gasteiger partial charge in [0.25, 0.3) is 21.6 Å². The maximum Gasteiger partial charge on any atom is 0.270 e. The lowest BCUT2D eigenvalue weighted by molar-refractivity contribution is -0.384. The van der Waals surface area contributed by atoms with Crippen molar-refractivity contribution in [3.8, 4) is 0 Å². The lowest BCUT2D eigenvalue weighted by Gasteiger charge is -2.23. The molecular formula is C22H19ClN4O5S. The van der Waals surface area contributed by atoms with Crippen LogP contribution in [-0.4, -0.2) is 31.5 Å². The second-order valence-electron chi connectivity index (χ2n) is 6.84. The molecule has 0 saturated carbocycles. The van der Waals surface area contributed by atoms with Crippen LogP contribution in [0.3, 0.4) is 0 Å². The first kappa shape index (κ1) is 23.9. The highest BCUT2D eigenvalue weighted by molar-refractivity contribution is 7.92. The van der Waals surface area contributed by atoms with E-state index in [2.05, 4.69) is 10.5 Å². The van der Waals surface area contributed by atoms with E-state index >= 15 is 0 Å². The van der Waals surface area contributed by atoms with E-state index in [1.54, 1.807) is 31.2 Å². The van der Waals surface area contributed by atoms with E-state index in [-0.39, 0.29) is 16.3 Å². The Labute approximate surface area is 195 Å². The largest absolute Gasteiger partial charge is 0.271 e. The van der Waals surface area contributed by atoms with Gasteiger partial charge in [0.15, 0.2) is 0 Å². The molecule has 0 heterocycles. The van der Waals surface area contributed by atoms with E-state index in [1.807, 2.05) is 0 Å². The summed E-state index contributed by atoms with van der Waals surface area (Å²) in [5, 5.41) is 15.3. The highest BCUT2D eigenvalue weighted by Gasteiger charge is 2.27. The molecule has 0 unspecified atom stereocenters. The van der Waals surface area contributed by atoms with Crippen molar-refractivity contribution in [2.75, 3.05) is 10.8 Å². The van der Waals surface area contributed by atoms with Crippen molar-refractivity contribution in [2.45, 2.75) is 11.8 Å². The molecule has 1 amide bonds. The van der Waals surface area contributed by atoms with E-state index in [0.29, 0.717) is 16.3 Å². The van der Waals surface area contributed by atoms with Gasteiger partial charge in [0.05, 0.1) is 21.2 Å². The number of rotatable bonds is 8. The molecule has 3 rings (SSSR count). The Hall–Kier alpha value is -3.76. The van der Waals surface area contributed by atoms with Gasteiger partial charge in [-0.1, -0.05) is 41.9 Å². The summed E-state index contributed by atoms with van der Waals surface area (Å²) in [6, 6.07) is 19.5. The summed E-state index contributed by atoms with van der Waals surface area (Å²) in [5.74, 6) is -0.700. The number of sulfonamides is 1. The lowest BCUT2D eigenvalue weighted by Crippen LogP contribution is -2.39. The molecule has 0 radical (unpaired) electrons. The van der Waals surface area contributed by atoms with Crippen LogP contribution in [0.25, 0.3) is 0 Å². The van der Waals surface area contributed by atoms with Crippen LogP contribution in [0.1, 0.15) is 12.5 Å². The molecule has 0 aliphatic carbocycles. The average molecular weight is 487 g/mol. The van der Waals surface area contributed by atoms with Gasteiger partial charge >= 0.3 is 0 Å². The molecule has 0 aliphatic heterocycles. The van der Waals surface area contributed by atoms with Gasteiger partial charge in [0.1, 0.15) is 6.54 Å². The lowest BCUT2D eigenvalue weighted by atomic mass is 10.1. The minimum Gasteiger partial charge on any atom is -0.271 e. The second-order valence-corrected chi connectivity index (χ2v) is 9.14. The van der Waals surface area contributed by atoms with Crippen LogP contribution in [0.15, 0.2) is 88.9 Å². The van der Waals surface area contributed by atoms with Crippen molar-refractivity contribution in [1.29, 1.82) is 0 Å². The Morgan fingerprint density at radius 2 is 1.73 bits per heavy atom. The van der Waals surface area contributed by atoms with Crippen LogP contribution in [-0.2, 0) is 14.8 Å². The highest BCUT2D eigenvalue weighted by atomic mass is 35.5. The number of anilines is 1. The summed E-state index contributed by atoms with van der Waals surface area (Å²) in [5.41, 5.74) is 3.20. The first-order chi connectivity index (χ1) is 15.7. The maximum absolute atomic E-state index is 13.2. The van der Waals surface area contributed by atoms with Crippen molar-refractivity contribution in [3.05, 3.63) is 99.6 Å². The summed E-state index contributed by atoms with van der Waals surface area (Å²) in [6.45, 7) is 1.02. The van der Waals surface area contributed by atoms with Crippen molar-refractivity contribution in [2.24, 2.45) is 5.10 Å². The number of benzene rings is 3. The van der Waals surface area contributed by atoms with Crippen LogP contribution < -0.4 is 9.73 Å². The fraction of sp³-hybridized carbons (Fsp3) is 0.0909. The quantitative estimate of drug-likeness (QED) is 0.293. The topological polar surface area (TPSA) is 122 Å². The molecule has 170 valence electrons. The molecule has 0 saturated heterocycles. The van der Waals surface area contributed by atoms with Crippen LogP contribution in [0.4, 0.5) is 11.4 Å². The smallest absolute Gasteiger partial charge is 0.270 e. The molecule has 1 N–H and O–H groups in total. The van der Waals surface area contributed by atoms with Crippen LogP contribution in [0.5, 0.6) is 0 Å². The number of amides is 1. The van der Waals surface area contributed by atoms with Gasteiger partial charge < -0.3 is 0 Å². The molecule has 0 aromatic heterocycles. The van der Waals surface area contributed by atoms with Crippen molar-refractivity contribution in [1.82, 2.24) is 5.43 Å². The number of nitro groups is 1. The van der Waals surface area contributed by atoms with Gasteiger partial charge in [-0.2, -0.15) is 5.10 Å². The molecule has 0 spiro atoms. The predicted octanol–water partition coefficient (Wildman–Crippen LogP) is 3.98. The molecule has 0 bridgehead atoms. The molecule has 11 heteroatoms. The molecule has 33 heavy (non-hydrogen) atoms. The number of hydrogen-bond acceptors (Lipinski definition) is 6. The molecular weight excluding hydrogens is 468 g/mol. The Bertz CT molecular complexity index is 1300. The molecule has 3 aromatic carbocycles. The first-order valence-corrected chi connectivity index (χ1v) is 11.4. The molecule has 0 aliphatic rings. The summed E-state index contributed by atoms with van der Waals surface area (Å²) in [4.78, 5) is 23.1. The minimum absolute atomic E-state index is 0.0176. The predicted molar refractivity (Wildman–Crippen MR) is 126 cm³/mol. The van der Waals surface area contributed by atoms with Gasteiger partial charge in [-0.05, 0) is 43.3 Å². The van der Waals surface area contributed by atoms with Crippen LogP contribution in [0.2, 0.25) is 5.02 Å². The maximum atomic E-state index is 13.2. The number of non-ortho nitro benzene ring substituents is 1. The highest BCUT2D eigenvalue weighted by Crippen LogP contribution is 2.25. The summed E-state index contributed by atoms with van der Waals surface area (Å²) in [7, 11) is -4.06. The average Bonchev–Trinajstić information content (AvgIpc) is 2.82. The van der Waals surface area contributed by atoms with Crippen molar-refractivity contribution >= 4 is 44.6 Å².